The maximum Gasteiger partial charge on any atom is 0.387 e. The molecule has 3 rings (SSSR count). The molecule has 1 amide bonds. The number of carbonyl (C=O) groups excluding carboxylic acids is 1. The van der Waals surface area contributed by atoms with Crippen molar-refractivity contribution in [3.63, 3.8) is 0 Å². The number of ether oxygens (including phenoxy) is 4. The molecule has 0 spiro atoms. The summed E-state index contributed by atoms with van der Waals surface area (Å²) in [4.78, 5) is 12.6. The number of fused-ring (bicyclic) bond motifs is 1. The number of carbonyl (C=O) groups is 1. The molecule has 0 saturated heterocycles. The first-order valence-electron chi connectivity index (χ1n) is 10.4. The number of hydrogen-bond acceptors (Lipinski definition) is 5. The predicted molar refractivity (Wildman–Crippen MR) is 116 cm³/mol. The minimum absolute atomic E-state index is 0.0709. The van der Waals surface area contributed by atoms with Crippen LogP contribution >= 0.6 is 0 Å². The predicted octanol–water partition coefficient (Wildman–Crippen LogP) is 4.98. The summed E-state index contributed by atoms with van der Waals surface area (Å²) in [5.41, 5.74) is 1.52. The van der Waals surface area contributed by atoms with E-state index in [0.717, 1.165) is 12.0 Å². The van der Waals surface area contributed by atoms with Crippen molar-refractivity contribution in [2.75, 3.05) is 20.3 Å². The Balaban J connectivity index is 1.72. The summed E-state index contributed by atoms with van der Waals surface area (Å²) in [6.07, 6.45) is 3.79. The van der Waals surface area contributed by atoms with Crippen molar-refractivity contribution in [1.82, 2.24) is 5.32 Å². The molecule has 0 aliphatic carbocycles. The monoisotopic (exact) mass is 447 g/mol. The van der Waals surface area contributed by atoms with Crippen molar-refractivity contribution >= 4 is 12.0 Å². The van der Waals surface area contributed by atoms with Gasteiger partial charge in [-0.3, -0.25) is 4.79 Å². The molecular formula is C24H27F2NO5. The average Bonchev–Trinajstić information content (AvgIpc) is 3.01. The molecule has 0 aromatic heterocycles. The topological polar surface area (TPSA) is 66.0 Å². The minimum Gasteiger partial charge on any atom is -0.493 e. The molecule has 0 radical (unpaired) electrons. The van der Waals surface area contributed by atoms with Crippen molar-refractivity contribution in [2.45, 2.75) is 32.9 Å². The van der Waals surface area contributed by atoms with Gasteiger partial charge in [-0.15, -0.1) is 0 Å². The molecule has 1 aliphatic rings. The summed E-state index contributed by atoms with van der Waals surface area (Å²) in [6.45, 7) is 2.28. The number of nitrogens with one attached hydrogen (secondary N) is 1. The van der Waals surface area contributed by atoms with E-state index in [9.17, 15) is 13.6 Å². The van der Waals surface area contributed by atoms with Gasteiger partial charge in [0.2, 0.25) is 5.91 Å². The van der Waals surface area contributed by atoms with Crippen LogP contribution in [0.3, 0.4) is 0 Å². The number of amides is 1. The zero-order valence-corrected chi connectivity index (χ0v) is 18.3. The summed E-state index contributed by atoms with van der Waals surface area (Å²) in [5.74, 6) is 1.30. The van der Waals surface area contributed by atoms with Gasteiger partial charge in [-0.1, -0.05) is 26.0 Å². The van der Waals surface area contributed by atoms with Crippen molar-refractivity contribution in [2.24, 2.45) is 5.92 Å². The number of hydrogen-bond donors (Lipinski definition) is 1. The fraction of sp³-hybridized carbons (Fsp3) is 0.375. The van der Waals surface area contributed by atoms with Crippen LogP contribution in [0.15, 0.2) is 42.5 Å². The van der Waals surface area contributed by atoms with Crippen LogP contribution in [0.2, 0.25) is 0 Å². The zero-order chi connectivity index (χ0) is 23.1. The highest BCUT2D eigenvalue weighted by Crippen LogP contribution is 2.34. The first kappa shape index (κ1) is 23.4. The summed E-state index contributed by atoms with van der Waals surface area (Å²) in [7, 11) is 1.36. The van der Waals surface area contributed by atoms with Gasteiger partial charge in [0, 0.05) is 12.5 Å². The average molecular weight is 447 g/mol. The Kier molecular flexibility index (Phi) is 7.92. The molecule has 32 heavy (non-hydrogen) atoms. The Bertz CT molecular complexity index is 961. The summed E-state index contributed by atoms with van der Waals surface area (Å²) >= 11 is 0. The lowest BCUT2D eigenvalue weighted by molar-refractivity contribution is -0.117. The molecule has 0 fully saturated rings. The highest BCUT2D eigenvalue weighted by atomic mass is 19.3. The smallest absolute Gasteiger partial charge is 0.387 e. The quantitative estimate of drug-likeness (QED) is 0.578. The molecule has 1 N–H and O–H groups in total. The van der Waals surface area contributed by atoms with Gasteiger partial charge in [-0.05, 0) is 47.4 Å². The first-order chi connectivity index (χ1) is 15.4. The lowest BCUT2D eigenvalue weighted by Crippen LogP contribution is -2.30. The molecule has 0 unspecified atom stereocenters. The highest BCUT2D eigenvalue weighted by molar-refractivity contribution is 5.92. The van der Waals surface area contributed by atoms with E-state index >= 15 is 0 Å². The van der Waals surface area contributed by atoms with Crippen molar-refractivity contribution in [3.05, 3.63) is 53.6 Å². The number of rotatable bonds is 8. The van der Waals surface area contributed by atoms with Crippen LogP contribution in [-0.4, -0.2) is 32.8 Å². The van der Waals surface area contributed by atoms with E-state index in [-0.39, 0.29) is 29.4 Å². The molecule has 2 aromatic rings. The zero-order valence-electron chi connectivity index (χ0n) is 18.3. The Morgan fingerprint density at radius 1 is 1.06 bits per heavy atom. The molecule has 0 bridgehead atoms. The van der Waals surface area contributed by atoms with Crippen molar-refractivity contribution < 1.29 is 32.5 Å². The molecule has 0 saturated carbocycles. The third-order valence-corrected chi connectivity index (χ3v) is 4.93. The minimum atomic E-state index is -2.95. The van der Waals surface area contributed by atoms with Crippen LogP contribution < -0.4 is 24.3 Å². The van der Waals surface area contributed by atoms with E-state index in [4.69, 9.17) is 14.2 Å². The molecular weight excluding hydrogens is 420 g/mol. The Labute approximate surface area is 186 Å². The molecule has 1 heterocycles. The van der Waals surface area contributed by atoms with Gasteiger partial charge < -0.3 is 24.3 Å². The molecule has 1 aliphatic heterocycles. The molecule has 8 heteroatoms. The molecule has 172 valence electrons. The Morgan fingerprint density at radius 2 is 1.81 bits per heavy atom. The van der Waals surface area contributed by atoms with Crippen LogP contribution in [0.1, 0.15) is 37.4 Å². The fourth-order valence-corrected chi connectivity index (χ4v) is 3.36. The van der Waals surface area contributed by atoms with Crippen molar-refractivity contribution in [3.8, 4) is 23.0 Å². The standard InChI is InChI=1S/C24H27F2NO5/c1-15(2)23(17-7-9-18-21(14-17)31-12-4-11-30-18)27-22(28)10-6-16-5-8-19(32-24(25)26)20(13-16)29-3/h5-10,13-15,23-24H,4,11-12H2,1-3H3,(H,27,28)/b10-6+/t23-/m1/s1. The Hall–Kier alpha value is -3.29. The maximum absolute atomic E-state index is 12.6. The second kappa shape index (κ2) is 10.8. The Morgan fingerprint density at radius 3 is 2.50 bits per heavy atom. The number of benzene rings is 2. The summed E-state index contributed by atoms with van der Waals surface area (Å²) in [5, 5.41) is 3.01. The van der Waals surface area contributed by atoms with Gasteiger partial charge in [-0.25, -0.2) is 0 Å². The van der Waals surface area contributed by atoms with E-state index in [0.29, 0.717) is 30.3 Å². The van der Waals surface area contributed by atoms with Gasteiger partial charge in [0.25, 0.3) is 0 Å². The van der Waals surface area contributed by atoms with Gasteiger partial charge in [0.15, 0.2) is 23.0 Å². The SMILES string of the molecule is COc1cc(/C=C/C(=O)N[C@@H](c2ccc3c(c2)OCCCO3)C(C)C)ccc1OC(F)F. The maximum atomic E-state index is 12.6. The van der Waals surface area contributed by atoms with Crippen LogP contribution in [-0.2, 0) is 4.79 Å². The van der Waals surface area contributed by atoms with Crippen LogP contribution in [0.4, 0.5) is 8.78 Å². The summed E-state index contributed by atoms with van der Waals surface area (Å²) in [6, 6.07) is 9.91. The molecule has 2 aromatic carbocycles. The third-order valence-electron chi connectivity index (χ3n) is 4.93. The van der Waals surface area contributed by atoms with Crippen LogP contribution in [0.25, 0.3) is 6.08 Å². The first-order valence-corrected chi connectivity index (χ1v) is 10.4. The second-order valence-electron chi connectivity index (χ2n) is 7.61. The van der Waals surface area contributed by atoms with Crippen LogP contribution in [0.5, 0.6) is 23.0 Å². The van der Waals surface area contributed by atoms with Gasteiger partial charge in [0.1, 0.15) is 0 Å². The van der Waals surface area contributed by atoms with Gasteiger partial charge in [0.05, 0.1) is 26.4 Å². The van der Waals surface area contributed by atoms with E-state index in [1.165, 1.54) is 25.3 Å². The van der Waals surface area contributed by atoms with E-state index < -0.39 is 6.61 Å². The largest absolute Gasteiger partial charge is 0.493 e. The number of methoxy groups -OCH3 is 1. The lowest BCUT2D eigenvalue weighted by atomic mass is 9.95. The van der Waals surface area contributed by atoms with Gasteiger partial charge in [-0.2, -0.15) is 8.78 Å². The summed E-state index contributed by atoms with van der Waals surface area (Å²) < 4.78 is 45.9. The van der Waals surface area contributed by atoms with E-state index in [1.54, 1.807) is 12.1 Å². The van der Waals surface area contributed by atoms with E-state index in [1.807, 2.05) is 32.0 Å². The number of alkyl halides is 2. The lowest BCUT2D eigenvalue weighted by Gasteiger charge is -2.23. The normalized spacial score (nSPS) is 14.3. The van der Waals surface area contributed by atoms with Gasteiger partial charge >= 0.3 is 6.61 Å². The second-order valence-corrected chi connectivity index (χ2v) is 7.61. The van der Waals surface area contributed by atoms with Crippen LogP contribution in [0, 0.1) is 5.92 Å². The van der Waals surface area contributed by atoms with E-state index in [2.05, 4.69) is 10.1 Å². The molecule has 1 atom stereocenters. The highest BCUT2D eigenvalue weighted by Gasteiger charge is 2.20. The fourth-order valence-electron chi connectivity index (χ4n) is 3.36. The molecule has 6 nitrogen and oxygen atoms in total. The number of halogens is 2. The third kappa shape index (κ3) is 6.12. The van der Waals surface area contributed by atoms with Crippen molar-refractivity contribution in [1.29, 1.82) is 0 Å².